The molecule has 1 fully saturated rings. The maximum Gasteiger partial charge on any atom is 0.238 e. The molecule has 134 valence electrons. The van der Waals surface area contributed by atoms with Crippen LogP contribution in [0.15, 0.2) is 65.8 Å². The number of nitrogens with zero attached hydrogens (tertiary/aromatic N) is 2. The highest BCUT2D eigenvalue weighted by Crippen LogP contribution is 2.22. The predicted molar refractivity (Wildman–Crippen MR) is 102 cm³/mol. The second kappa shape index (κ2) is 6.68. The van der Waals surface area contributed by atoms with E-state index >= 15 is 0 Å². The molecule has 0 atom stereocenters. The molecule has 1 aliphatic heterocycles. The van der Waals surface area contributed by atoms with Crippen LogP contribution < -0.4 is 10.5 Å². The van der Waals surface area contributed by atoms with E-state index in [1.807, 2.05) is 18.3 Å². The van der Waals surface area contributed by atoms with E-state index in [-0.39, 0.29) is 4.90 Å². The van der Waals surface area contributed by atoms with Crippen LogP contribution in [0.25, 0.3) is 10.8 Å². The van der Waals surface area contributed by atoms with Gasteiger partial charge in [0.1, 0.15) is 0 Å². The quantitative estimate of drug-likeness (QED) is 0.721. The molecule has 0 aliphatic carbocycles. The number of pyridine rings is 1. The van der Waals surface area contributed by atoms with Gasteiger partial charge in [-0.2, -0.15) is 0 Å². The highest BCUT2D eigenvalue weighted by molar-refractivity contribution is 7.89. The third-order valence-corrected chi connectivity index (χ3v) is 5.51. The summed E-state index contributed by atoms with van der Waals surface area (Å²) in [6, 6.07) is 15.5. The van der Waals surface area contributed by atoms with Crippen molar-refractivity contribution in [2.75, 3.05) is 18.4 Å². The van der Waals surface area contributed by atoms with Gasteiger partial charge in [-0.05, 0) is 41.3 Å². The summed E-state index contributed by atoms with van der Waals surface area (Å²) in [7, 11) is -3.65. The second-order valence-electron chi connectivity index (χ2n) is 6.67. The van der Waals surface area contributed by atoms with Gasteiger partial charge in [-0.25, -0.2) is 13.6 Å². The highest BCUT2D eigenvalue weighted by atomic mass is 32.2. The van der Waals surface area contributed by atoms with Crippen molar-refractivity contribution < 1.29 is 8.42 Å². The van der Waals surface area contributed by atoms with Crippen molar-refractivity contribution in [3.05, 3.63) is 66.5 Å². The lowest BCUT2D eigenvalue weighted by molar-refractivity contribution is 0.153. The molecule has 2 heterocycles. The normalized spacial score (nSPS) is 15.7. The lowest BCUT2D eigenvalue weighted by Crippen LogP contribution is -2.54. The first-order valence-electron chi connectivity index (χ1n) is 8.42. The molecule has 1 aromatic heterocycles. The van der Waals surface area contributed by atoms with E-state index in [0.717, 1.165) is 29.7 Å². The van der Waals surface area contributed by atoms with E-state index in [1.165, 1.54) is 11.5 Å². The molecule has 0 bridgehead atoms. The predicted octanol–water partition coefficient (Wildman–Crippen LogP) is 2.18. The Morgan fingerprint density at radius 3 is 2.77 bits per heavy atom. The smallest absolute Gasteiger partial charge is 0.238 e. The van der Waals surface area contributed by atoms with E-state index < -0.39 is 10.0 Å². The topological polar surface area (TPSA) is 88.3 Å². The zero-order valence-electron chi connectivity index (χ0n) is 14.2. The van der Waals surface area contributed by atoms with Crippen molar-refractivity contribution in [3.63, 3.8) is 0 Å². The first kappa shape index (κ1) is 17.0. The Morgan fingerprint density at radius 1 is 1.12 bits per heavy atom. The molecule has 1 saturated heterocycles. The molecule has 3 N–H and O–H groups in total. The summed E-state index contributed by atoms with van der Waals surface area (Å²) in [6.07, 6.45) is 3.66. The first-order valence-corrected chi connectivity index (χ1v) is 9.96. The molecule has 0 spiro atoms. The van der Waals surface area contributed by atoms with Crippen molar-refractivity contribution in [1.29, 1.82) is 0 Å². The fourth-order valence-electron chi connectivity index (χ4n) is 3.28. The summed E-state index contributed by atoms with van der Waals surface area (Å²) in [6.45, 7) is 2.53. The fourth-order valence-corrected chi connectivity index (χ4v) is 3.86. The molecule has 6 nitrogen and oxygen atoms in total. The van der Waals surface area contributed by atoms with E-state index in [9.17, 15) is 8.42 Å². The van der Waals surface area contributed by atoms with Crippen molar-refractivity contribution in [3.8, 4) is 0 Å². The molecule has 7 heteroatoms. The molecule has 0 unspecified atom stereocenters. The van der Waals surface area contributed by atoms with Gasteiger partial charge in [0, 0.05) is 43.1 Å². The van der Waals surface area contributed by atoms with Crippen molar-refractivity contribution in [2.24, 2.45) is 5.14 Å². The third-order valence-electron chi connectivity index (χ3n) is 4.60. The zero-order chi connectivity index (χ0) is 18.1. The Labute approximate surface area is 152 Å². The Balaban J connectivity index is 1.35. The van der Waals surface area contributed by atoms with Gasteiger partial charge in [0.2, 0.25) is 10.0 Å². The number of sulfonamides is 1. The Kier molecular flexibility index (Phi) is 4.36. The Bertz CT molecular complexity index is 1050. The third kappa shape index (κ3) is 3.70. The number of benzene rings is 2. The van der Waals surface area contributed by atoms with Gasteiger partial charge in [0.15, 0.2) is 0 Å². The van der Waals surface area contributed by atoms with Crippen molar-refractivity contribution in [2.45, 2.75) is 17.5 Å². The molecular formula is C19H20N4O2S. The van der Waals surface area contributed by atoms with Crippen LogP contribution in [0, 0.1) is 0 Å². The van der Waals surface area contributed by atoms with Gasteiger partial charge < -0.3 is 5.32 Å². The zero-order valence-corrected chi connectivity index (χ0v) is 15.0. The van der Waals surface area contributed by atoms with E-state index in [1.54, 1.807) is 18.3 Å². The number of nitrogens with two attached hydrogens (primary N) is 1. The summed E-state index contributed by atoms with van der Waals surface area (Å²) in [4.78, 5) is 6.56. The van der Waals surface area contributed by atoms with E-state index in [0.29, 0.717) is 12.6 Å². The van der Waals surface area contributed by atoms with Crippen LogP contribution >= 0.6 is 0 Å². The van der Waals surface area contributed by atoms with Crippen LogP contribution in [0.3, 0.4) is 0 Å². The van der Waals surface area contributed by atoms with Gasteiger partial charge in [-0.1, -0.05) is 18.2 Å². The molecule has 26 heavy (non-hydrogen) atoms. The van der Waals surface area contributed by atoms with Gasteiger partial charge >= 0.3 is 0 Å². The number of likely N-dealkylation sites (tertiary alicyclic amines) is 1. The average Bonchev–Trinajstić information content (AvgIpc) is 2.59. The SMILES string of the molecule is NS(=O)(=O)c1cccc(CN2CC(Nc3ccc4cnccc4c3)C2)c1. The average molecular weight is 368 g/mol. The Morgan fingerprint density at radius 2 is 1.96 bits per heavy atom. The minimum atomic E-state index is -3.65. The number of rotatable bonds is 5. The standard InChI is InChI=1S/C19H20N4O2S/c20-26(24,25)19-3-1-2-14(8-19)11-23-12-18(13-23)22-17-5-4-16-10-21-7-6-15(16)9-17/h1-10,18,22H,11-13H2,(H2,20,24,25). The van der Waals surface area contributed by atoms with Crippen molar-refractivity contribution >= 4 is 26.5 Å². The van der Waals surface area contributed by atoms with Crippen LogP contribution in [0.2, 0.25) is 0 Å². The van der Waals surface area contributed by atoms with Crippen LogP contribution in [-0.2, 0) is 16.6 Å². The maximum absolute atomic E-state index is 11.5. The van der Waals surface area contributed by atoms with Gasteiger partial charge in [0.05, 0.1) is 10.9 Å². The van der Waals surface area contributed by atoms with E-state index in [4.69, 9.17) is 5.14 Å². The first-order chi connectivity index (χ1) is 12.5. The largest absolute Gasteiger partial charge is 0.380 e. The number of hydrogen-bond donors (Lipinski definition) is 2. The summed E-state index contributed by atoms with van der Waals surface area (Å²) < 4.78 is 22.9. The lowest BCUT2D eigenvalue weighted by atomic mass is 10.1. The number of fused-ring (bicyclic) bond motifs is 1. The number of nitrogens with one attached hydrogen (secondary N) is 1. The molecule has 0 amide bonds. The molecule has 2 aromatic carbocycles. The van der Waals surface area contributed by atoms with E-state index in [2.05, 4.69) is 33.4 Å². The van der Waals surface area contributed by atoms with Gasteiger partial charge in [0.25, 0.3) is 0 Å². The van der Waals surface area contributed by atoms with Crippen molar-refractivity contribution in [1.82, 2.24) is 9.88 Å². The molecule has 0 radical (unpaired) electrons. The molecule has 0 saturated carbocycles. The molecular weight excluding hydrogens is 348 g/mol. The summed E-state index contributed by atoms with van der Waals surface area (Å²) in [5.41, 5.74) is 2.05. The molecule has 1 aliphatic rings. The summed E-state index contributed by atoms with van der Waals surface area (Å²) >= 11 is 0. The number of anilines is 1. The highest BCUT2D eigenvalue weighted by Gasteiger charge is 2.26. The fraction of sp³-hybridized carbons (Fsp3) is 0.211. The van der Waals surface area contributed by atoms with Crippen LogP contribution in [0.5, 0.6) is 0 Å². The van der Waals surface area contributed by atoms with Crippen LogP contribution in [-0.4, -0.2) is 37.4 Å². The van der Waals surface area contributed by atoms with Gasteiger partial charge in [-0.3, -0.25) is 9.88 Å². The second-order valence-corrected chi connectivity index (χ2v) is 8.23. The summed E-state index contributed by atoms with van der Waals surface area (Å²) in [5, 5.41) is 11.0. The minimum Gasteiger partial charge on any atom is -0.380 e. The summed E-state index contributed by atoms with van der Waals surface area (Å²) in [5.74, 6) is 0. The number of hydrogen-bond acceptors (Lipinski definition) is 5. The number of primary sulfonamides is 1. The molecule has 3 aromatic rings. The number of aromatic nitrogens is 1. The Hall–Kier alpha value is -2.48. The van der Waals surface area contributed by atoms with Gasteiger partial charge in [-0.15, -0.1) is 0 Å². The van der Waals surface area contributed by atoms with Crippen LogP contribution in [0.4, 0.5) is 5.69 Å². The lowest BCUT2D eigenvalue weighted by Gasteiger charge is -2.40. The molecule has 4 rings (SSSR count). The van der Waals surface area contributed by atoms with Crippen LogP contribution in [0.1, 0.15) is 5.56 Å². The minimum absolute atomic E-state index is 0.163. The monoisotopic (exact) mass is 368 g/mol. The maximum atomic E-state index is 11.5.